The second-order valence-electron chi connectivity index (χ2n) is 16.2. The first-order valence-electron chi connectivity index (χ1n) is 20.1. The Morgan fingerprint density at radius 3 is 2.04 bits per heavy atom. The Labute approximate surface area is 332 Å². The molecule has 0 N–H and O–H groups in total. The number of benzene rings is 4. The van der Waals surface area contributed by atoms with Gasteiger partial charge in [-0.3, -0.25) is 14.7 Å². The molecule has 298 valence electrons. The van der Waals surface area contributed by atoms with Crippen LogP contribution >= 0.6 is 0 Å². The second kappa shape index (κ2) is 16.2. The van der Waals surface area contributed by atoms with Crippen molar-refractivity contribution in [3.8, 4) is 46.0 Å². The van der Waals surface area contributed by atoms with Crippen molar-refractivity contribution in [3.63, 3.8) is 0 Å². The average molecular weight is 763 g/mol. The van der Waals surface area contributed by atoms with Gasteiger partial charge in [-0.2, -0.15) is 0 Å². The Bertz CT molecular complexity index is 2040. The monoisotopic (exact) mass is 762 g/mol. The van der Waals surface area contributed by atoms with E-state index in [2.05, 4.69) is 96.3 Å². The van der Waals surface area contributed by atoms with E-state index in [1.165, 1.54) is 27.8 Å². The molecule has 0 amide bonds. The molecule has 5 aliphatic rings. The van der Waals surface area contributed by atoms with E-state index in [0.29, 0.717) is 40.5 Å². The lowest BCUT2D eigenvalue weighted by atomic mass is 9.84. The quantitative estimate of drug-likeness (QED) is 0.187. The Morgan fingerprint density at radius 2 is 1.34 bits per heavy atom. The lowest BCUT2D eigenvalue weighted by Gasteiger charge is -2.40. The van der Waals surface area contributed by atoms with Crippen LogP contribution in [0.4, 0.5) is 0 Å². The van der Waals surface area contributed by atoms with Crippen molar-refractivity contribution in [1.82, 2.24) is 19.6 Å². The van der Waals surface area contributed by atoms with Crippen LogP contribution in [-0.2, 0) is 32.2 Å². The average Bonchev–Trinajstić information content (AvgIpc) is 3.21. The van der Waals surface area contributed by atoms with Gasteiger partial charge in [0.15, 0.2) is 34.5 Å². The van der Waals surface area contributed by atoms with Crippen LogP contribution in [0.5, 0.6) is 46.0 Å². The van der Waals surface area contributed by atoms with E-state index >= 15 is 0 Å². The number of likely N-dealkylation sites (tertiary alicyclic amines) is 1. The van der Waals surface area contributed by atoms with E-state index in [-0.39, 0.29) is 12.1 Å². The summed E-state index contributed by atoms with van der Waals surface area (Å²) >= 11 is 0. The number of nitrogens with zero attached hydrogens (tertiary/aromatic N) is 4. The van der Waals surface area contributed by atoms with Crippen molar-refractivity contribution >= 4 is 0 Å². The third-order valence-corrected chi connectivity index (χ3v) is 12.8. The molecule has 10 heteroatoms. The topological polar surface area (TPSA) is 68.3 Å². The van der Waals surface area contributed by atoms with Crippen LogP contribution in [-0.4, -0.2) is 108 Å². The van der Waals surface area contributed by atoms with Crippen molar-refractivity contribution in [2.75, 3.05) is 82.8 Å². The third-order valence-electron chi connectivity index (χ3n) is 12.8. The number of methoxy groups -OCH3 is 4. The summed E-state index contributed by atoms with van der Waals surface area (Å²) in [6.07, 6.45) is 5.64. The summed E-state index contributed by atoms with van der Waals surface area (Å²) < 4.78 is 38.6. The highest BCUT2D eigenvalue weighted by Crippen LogP contribution is 2.54. The van der Waals surface area contributed by atoms with Gasteiger partial charge < -0.3 is 33.3 Å². The predicted octanol–water partition coefficient (Wildman–Crippen LogP) is 7.69. The molecule has 4 aromatic rings. The zero-order chi connectivity index (χ0) is 39.1. The van der Waals surface area contributed by atoms with E-state index in [4.69, 9.17) is 28.4 Å². The summed E-state index contributed by atoms with van der Waals surface area (Å²) in [5, 5.41) is 0. The fourth-order valence-corrected chi connectivity index (χ4v) is 9.49. The molecule has 0 unspecified atom stereocenters. The van der Waals surface area contributed by atoms with Crippen LogP contribution in [0.3, 0.4) is 0 Å². The van der Waals surface area contributed by atoms with E-state index in [9.17, 15) is 0 Å². The van der Waals surface area contributed by atoms with Gasteiger partial charge in [-0.15, -0.1) is 0 Å². The summed E-state index contributed by atoms with van der Waals surface area (Å²) in [6.45, 7) is 4.70. The number of hydrogen-bond acceptors (Lipinski definition) is 10. The fourth-order valence-electron chi connectivity index (χ4n) is 9.49. The minimum absolute atomic E-state index is 0.0336. The van der Waals surface area contributed by atoms with Crippen LogP contribution in [0.2, 0.25) is 0 Å². The van der Waals surface area contributed by atoms with Crippen molar-refractivity contribution < 1.29 is 28.4 Å². The van der Waals surface area contributed by atoms with Crippen LogP contribution in [0.1, 0.15) is 63.9 Å². The highest BCUT2D eigenvalue weighted by Gasteiger charge is 2.38. The Kier molecular flexibility index (Phi) is 11.1. The van der Waals surface area contributed by atoms with Crippen LogP contribution in [0.25, 0.3) is 0 Å². The molecule has 0 aromatic heterocycles. The first-order chi connectivity index (χ1) is 27.2. The Balaban J connectivity index is 1.34. The van der Waals surface area contributed by atoms with Crippen molar-refractivity contribution in [2.24, 2.45) is 0 Å². The molecular weight excluding hydrogens is 705 g/mol. The molecule has 5 heterocycles. The molecule has 1 saturated heterocycles. The minimum Gasteiger partial charge on any atom is -0.493 e. The molecule has 5 aliphatic heterocycles. The summed E-state index contributed by atoms with van der Waals surface area (Å²) in [5.41, 5.74) is 8.51. The summed E-state index contributed by atoms with van der Waals surface area (Å²) in [6, 6.07) is 19.9. The maximum absolute atomic E-state index is 7.30. The van der Waals surface area contributed by atoms with Gasteiger partial charge in [0.1, 0.15) is 5.75 Å². The van der Waals surface area contributed by atoms with Gasteiger partial charge in [-0.05, 0) is 144 Å². The molecule has 2 atom stereocenters. The lowest BCUT2D eigenvalue weighted by Crippen LogP contribution is -2.42. The Hall–Kier alpha value is -4.48. The molecule has 9 rings (SSSR count). The number of piperidine rings is 1. The van der Waals surface area contributed by atoms with Gasteiger partial charge in [0, 0.05) is 48.9 Å². The molecule has 1 fully saturated rings. The van der Waals surface area contributed by atoms with Crippen LogP contribution in [0.15, 0.2) is 54.6 Å². The zero-order valence-corrected chi connectivity index (χ0v) is 34.4. The molecule has 0 radical (unpaired) electrons. The summed E-state index contributed by atoms with van der Waals surface area (Å²) in [5.74, 6) is 5.61. The number of fused-ring (bicyclic) bond motifs is 2. The molecular formula is C46H58N4O6. The summed E-state index contributed by atoms with van der Waals surface area (Å²) in [4.78, 5) is 9.84. The zero-order valence-electron chi connectivity index (χ0n) is 34.4. The fraction of sp³-hybridized carbons (Fsp3) is 0.478. The lowest BCUT2D eigenvalue weighted by molar-refractivity contribution is 0.138. The maximum Gasteiger partial charge on any atom is 0.204 e. The predicted molar refractivity (Wildman–Crippen MR) is 220 cm³/mol. The normalized spacial score (nSPS) is 20.4. The summed E-state index contributed by atoms with van der Waals surface area (Å²) in [7, 11) is 15.7. The van der Waals surface area contributed by atoms with Gasteiger partial charge in [0.05, 0.1) is 28.4 Å². The third kappa shape index (κ3) is 7.28. The van der Waals surface area contributed by atoms with Crippen molar-refractivity contribution in [3.05, 3.63) is 93.5 Å². The smallest absolute Gasteiger partial charge is 0.204 e. The van der Waals surface area contributed by atoms with E-state index in [0.717, 1.165) is 93.9 Å². The minimum atomic E-state index is -0.0336. The molecule has 4 aromatic carbocycles. The molecule has 6 bridgehead atoms. The van der Waals surface area contributed by atoms with Gasteiger partial charge >= 0.3 is 0 Å². The highest BCUT2D eigenvalue weighted by molar-refractivity contribution is 5.67. The molecule has 0 saturated carbocycles. The van der Waals surface area contributed by atoms with Crippen LogP contribution in [0, 0.1) is 0 Å². The SMILES string of the molecule is COc1ccc2cc1Oc1ccc(cc1)C[C@H]1c3cc(c(OC)cc3CCN1C)Oc1c(OC)c(OC)c(CN3CCC(N(C)C)CC3)c3c1[C@H](C2)N(C)CC3. The maximum atomic E-state index is 7.30. The van der Waals surface area contributed by atoms with Crippen LogP contribution < -0.4 is 28.4 Å². The largest absolute Gasteiger partial charge is 0.493 e. The van der Waals surface area contributed by atoms with Crippen molar-refractivity contribution in [2.45, 2.75) is 63.2 Å². The molecule has 10 nitrogen and oxygen atoms in total. The number of likely N-dealkylation sites (N-methyl/N-ethyl adjacent to an activating group) is 2. The first-order valence-corrected chi connectivity index (χ1v) is 20.1. The molecule has 56 heavy (non-hydrogen) atoms. The molecule has 0 spiro atoms. The standard InChI is InChI=1S/C46H58N4O6/c1-47(2)32-16-21-50(22-17-32)28-36-34-18-20-49(4)38-24-30-11-14-39(51-5)41(25-30)55-33-12-9-29(10-13-33)23-37-35-27-42(40(52-6)26-31(35)15-19-48(37)3)56-45(43(34)38)46(54-8)44(36)53-7/h9-14,25-27,32,37-38H,15-24,28H2,1-8H3/t37-,38-/m0/s1. The number of ether oxygens (including phenoxy) is 6. The second-order valence-corrected chi connectivity index (χ2v) is 16.2. The molecule has 0 aliphatic carbocycles. The van der Waals surface area contributed by atoms with Crippen molar-refractivity contribution in [1.29, 1.82) is 0 Å². The van der Waals surface area contributed by atoms with E-state index < -0.39 is 0 Å². The van der Waals surface area contributed by atoms with Gasteiger partial charge in [-0.1, -0.05) is 18.2 Å². The van der Waals surface area contributed by atoms with E-state index in [1.807, 2.05) is 6.07 Å². The van der Waals surface area contributed by atoms with Gasteiger partial charge in [-0.25, -0.2) is 0 Å². The van der Waals surface area contributed by atoms with E-state index in [1.54, 1.807) is 28.4 Å². The van der Waals surface area contributed by atoms with Gasteiger partial charge in [0.25, 0.3) is 0 Å². The highest BCUT2D eigenvalue weighted by atomic mass is 16.5. The Morgan fingerprint density at radius 1 is 0.679 bits per heavy atom. The first kappa shape index (κ1) is 38.4. The number of rotatable bonds is 7. The van der Waals surface area contributed by atoms with Gasteiger partial charge in [0.2, 0.25) is 5.75 Å². The number of hydrogen-bond donors (Lipinski definition) is 0.